The van der Waals surface area contributed by atoms with Gasteiger partial charge >= 0.3 is 0 Å². The van der Waals surface area contributed by atoms with Gasteiger partial charge in [-0.3, -0.25) is 14.2 Å². The minimum Gasteiger partial charge on any atom is -0.324 e. The second kappa shape index (κ2) is 8.46. The lowest BCUT2D eigenvalue weighted by atomic mass is 10.1. The molecule has 0 atom stereocenters. The lowest BCUT2D eigenvalue weighted by Gasteiger charge is -2.09. The summed E-state index contributed by atoms with van der Waals surface area (Å²) in [7, 11) is 0. The van der Waals surface area contributed by atoms with Crippen molar-refractivity contribution in [2.24, 2.45) is 0 Å². The topological polar surface area (TPSA) is 64.0 Å². The highest BCUT2D eigenvalue weighted by molar-refractivity contribution is 5.91. The number of carbonyl (C=O) groups excluding carboxylic acids is 1. The number of nitrogens with one attached hydrogen (secondary N) is 1. The van der Waals surface area contributed by atoms with Crippen molar-refractivity contribution in [3.63, 3.8) is 0 Å². The first kappa shape index (κ1) is 19.2. The van der Waals surface area contributed by atoms with Crippen molar-refractivity contribution in [1.82, 2.24) is 9.55 Å². The normalized spacial score (nSPS) is 10.3. The first-order valence-corrected chi connectivity index (χ1v) is 9.52. The summed E-state index contributed by atoms with van der Waals surface area (Å²) in [5, 5.41) is 3.32. The molecule has 0 radical (unpaired) electrons. The molecule has 1 heterocycles. The van der Waals surface area contributed by atoms with Gasteiger partial charge in [0.05, 0.1) is 17.2 Å². The Balaban J connectivity index is 1.50. The van der Waals surface area contributed by atoms with Gasteiger partial charge in [-0.1, -0.05) is 48.2 Å². The summed E-state index contributed by atoms with van der Waals surface area (Å²) < 4.78 is 1.32. The Bertz CT molecular complexity index is 1350. The average molecular weight is 393 g/mol. The van der Waals surface area contributed by atoms with E-state index < -0.39 is 0 Å². The Labute approximate surface area is 174 Å². The predicted octanol–water partition coefficient (Wildman–Crippen LogP) is 3.74. The third-order valence-electron chi connectivity index (χ3n) is 4.64. The zero-order valence-electron chi connectivity index (χ0n) is 16.4. The van der Waals surface area contributed by atoms with Crippen LogP contribution in [0.5, 0.6) is 0 Å². The lowest BCUT2D eigenvalue weighted by Crippen LogP contribution is -2.28. The van der Waals surface area contributed by atoms with Crippen LogP contribution in [0.1, 0.15) is 16.7 Å². The number of fused-ring (bicyclic) bond motifs is 1. The van der Waals surface area contributed by atoms with Crippen LogP contribution in [-0.2, 0) is 11.3 Å². The van der Waals surface area contributed by atoms with Gasteiger partial charge in [0.2, 0.25) is 5.91 Å². The molecule has 4 aromatic rings. The Morgan fingerprint density at radius 1 is 0.967 bits per heavy atom. The van der Waals surface area contributed by atoms with Crippen molar-refractivity contribution in [1.29, 1.82) is 0 Å². The molecule has 3 aromatic carbocycles. The summed E-state index contributed by atoms with van der Waals surface area (Å²) in [6.07, 6.45) is 1.42. The maximum Gasteiger partial charge on any atom is 0.261 e. The highest BCUT2D eigenvalue weighted by Crippen LogP contribution is 2.12. The quantitative estimate of drug-likeness (QED) is 0.539. The maximum atomic E-state index is 12.7. The maximum absolute atomic E-state index is 12.7. The van der Waals surface area contributed by atoms with E-state index in [1.807, 2.05) is 61.5 Å². The van der Waals surface area contributed by atoms with E-state index in [1.165, 1.54) is 10.9 Å². The largest absolute Gasteiger partial charge is 0.324 e. The fourth-order valence-corrected chi connectivity index (χ4v) is 3.15. The Morgan fingerprint density at radius 2 is 1.70 bits per heavy atom. The third kappa shape index (κ3) is 4.29. The van der Waals surface area contributed by atoms with Crippen LogP contribution in [0, 0.1) is 18.8 Å². The summed E-state index contributed by atoms with van der Waals surface area (Å²) in [5.41, 5.74) is 3.68. The third-order valence-corrected chi connectivity index (χ3v) is 4.64. The van der Waals surface area contributed by atoms with Gasteiger partial charge in [-0.15, -0.1) is 0 Å². The van der Waals surface area contributed by atoms with E-state index in [4.69, 9.17) is 0 Å². The van der Waals surface area contributed by atoms with Crippen molar-refractivity contribution in [3.8, 4) is 11.8 Å². The molecule has 5 nitrogen and oxygen atoms in total. The summed E-state index contributed by atoms with van der Waals surface area (Å²) >= 11 is 0. The molecule has 30 heavy (non-hydrogen) atoms. The highest BCUT2D eigenvalue weighted by Gasteiger charge is 2.09. The SMILES string of the molecule is Cc1cccc2c(=O)n(CC(=O)Nc3cccc(C#Cc4ccccc4)c3)cnc12. The number of anilines is 1. The number of carbonyl (C=O) groups is 1. The Morgan fingerprint density at radius 3 is 2.53 bits per heavy atom. The second-order valence-electron chi connectivity index (χ2n) is 6.89. The molecule has 0 saturated carbocycles. The number of aromatic nitrogens is 2. The van der Waals surface area contributed by atoms with Gasteiger partial charge in [0.25, 0.3) is 5.56 Å². The first-order valence-electron chi connectivity index (χ1n) is 9.52. The lowest BCUT2D eigenvalue weighted by molar-refractivity contribution is -0.116. The van der Waals surface area contributed by atoms with E-state index in [2.05, 4.69) is 22.1 Å². The monoisotopic (exact) mass is 393 g/mol. The minimum absolute atomic E-state index is 0.115. The first-order chi connectivity index (χ1) is 14.6. The van der Waals surface area contributed by atoms with E-state index >= 15 is 0 Å². The smallest absolute Gasteiger partial charge is 0.261 e. The summed E-state index contributed by atoms with van der Waals surface area (Å²) in [4.78, 5) is 29.5. The van der Waals surface area contributed by atoms with Gasteiger partial charge in [-0.2, -0.15) is 0 Å². The second-order valence-corrected chi connectivity index (χ2v) is 6.89. The molecule has 0 aliphatic heterocycles. The summed E-state index contributed by atoms with van der Waals surface area (Å²) in [6.45, 7) is 1.79. The summed E-state index contributed by atoms with van der Waals surface area (Å²) in [6, 6.07) is 22.4. The molecule has 1 amide bonds. The number of para-hydroxylation sites is 1. The molecule has 0 saturated heterocycles. The Kier molecular flexibility index (Phi) is 5.40. The number of aryl methyl sites for hydroxylation is 1. The molecule has 0 unspecified atom stereocenters. The van der Waals surface area contributed by atoms with Gasteiger partial charge < -0.3 is 5.32 Å². The molecule has 0 fully saturated rings. The van der Waals surface area contributed by atoms with Crippen LogP contribution in [0.15, 0.2) is 83.9 Å². The zero-order valence-corrected chi connectivity index (χ0v) is 16.4. The van der Waals surface area contributed by atoms with E-state index in [1.54, 1.807) is 18.2 Å². The molecule has 0 aliphatic rings. The highest BCUT2D eigenvalue weighted by atomic mass is 16.2. The fraction of sp³-hybridized carbons (Fsp3) is 0.0800. The molecule has 146 valence electrons. The van der Waals surface area contributed by atoms with Crippen molar-refractivity contribution in [2.45, 2.75) is 13.5 Å². The van der Waals surface area contributed by atoms with E-state index in [9.17, 15) is 9.59 Å². The molecule has 0 aliphatic carbocycles. The molecule has 0 bridgehead atoms. The van der Waals surface area contributed by atoms with Crippen LogP contribution in [0.2, 0.25) is 0 Å². The number of benzene rings is 3. The summed E-state index contributed by atoms with van der Waals surface area (Å²) in [5.74, 6) is 5.88. The predicted molar refractivity (Wildman–Crippen MR) is 118 cm³/mol. The molecule has 0 spiro atoms. The number of hydrogen-bond acceptors (Lipinski definition) is 3. The van der Waals surface area contributed by atoms with Crippen molar-refractivity contribution in [3.05, 3.63) is 106 Å². The molecular formula is C25H19N3O2. The van der Waals surface area contributed by atoms with Crippen molar-refractivity contribution >= 4 is 22.5 Å². The van der Waals surface area contributed by atoms with Gasteiger partial charge in [0.15, 0.2) is 0 Å². The van der Waals surface area contributed by atoms with Crippen LogP contribution < -0.4 is 10.9 Å². The standard InChI is InChI=1S/C25H19N3O2/c1-18-7-5-12-22-24(18)26-17-28(25(22)30)16-23(29)27-21-11-6-10-20(15-21)14-13-19-8-3-2-4-9-19/h2-12,15,17H,16H2,1H3,(H,27,29). The number of amides is 1. The number of nitrogens with zero attached hydrogens (tertiary/aromatic N) is 2. The van der Waals surface area contributed by atoms with E-state index in [-0.39, 0.29) is 18.0 Å². The van der Waals surface area contributed by atoms with Gasteiger partial charge in [-0.05, 0) is 48.9 Å². The average Bonchev–Trinajstić information content (AvgIpc) is 2.76. The van der Waals surface area contributed by atoms with Gasteiger partial charge in [0, 0.05) is 16.8 Å². The van der Waals surface area contributed by atoms with Crippen molar-refractivity contribution in [2.75, 3.05) is 5.32 Å². The number of rotatable bonds is 3. The van der Waals surface area contributed by atoms with Crippen molar-refractivity contribution < 1.29 is 4.79 Å². The molecular weight excluding hydrogens is 374 g/mol. The molecule has 1 N–H and O–H groups in total. The van der Waals surface area contributed by atoms with Crippen LogP contribution in [0.3, 0.4) is 0 Å². The molecule has 5 heteroatoms. The minimum atomic E-state index is -0.306. The van der Waals surface area contributed by atoms with Crippen LogP contribution in [0.4, 0.5) is 5.69 Å². The van der Waals surface area contributed by atoms with Crippen LogP contribution in [-0.4, -0.2) is 15.5 Å². The molecule has 4 rings (SSSR count). The zero-order chi connectivity index (χ0) is 20.9. The van der Waals surface area contributed by atoms with Gasteiger partial charge in [0.1, 0.15) is 6.54 Å². The van der Waals surface area contributed by atoms with Crippen LogP contribution >= 0.6 is 0 Å². The molecule has 1 aromatic heterocycles. The van der Waals surface area contributed by atoms with Crippen LogP contribution in [0.25, 0.3) is 10.9 Å². The van der Waals surface area contributed by atoms with Gasteiger partial charge in [-0.25, -0.2) is 4.98 Å². The van der Waals surface area contributed by atoms with E-state index in [0.717, 1.165) is 16.7 Å². The number of hydrogen-bond donors (Lipinski definition) is 1. The van der Waals surface area contributed by atoms with E-state index in [0.29, 0.717) is 16.6 Å². The fourth-order valence-electron chi connectivity index (χ4n) is 3.15. The Hall–Kier alpha value is -4.17.